The first-order chi connectivity index (χ1) is 11.5. The fourth-order valence-electron chi connectivity index (χ4n) is 2.53. The predicted molar refractivity (Wildman–Crippen MR) is 84.3 cm³/mol. The van der Waals surface area contributed by atoms with Gasteiger partial charge in [0, 0.05) is 6.04 Å². The monoisotopic (exact) mass is 330 g/mol. The SMILES string of the molecule is COc1ccc(-n2nnc(C(=O)N(CC(=O)O)C3CC3)c2C)cc1. The molecule has 0 aliphatic heterocycles. The number of carboxylic acids is 1. The van der Waals surface area contributed by atoms with Crippen molar-refractivity contribution in [1.82, 2.24) is 19.9 Å². The van der Waals surface area contributed by atoms with Crippen LogP contribution in [-0.2, 0) is 4.79 Å². The zero-order valence-corrected chi connectivity index (χ0v) is 13.5. The number of hydrogen-bond acceptors (Lipinski definition) is 5. The predicted octanol–water partition coefficient (Wildman–Crippen LogP) is 1.27. The number of ether oxygens (including phenoxy) is 1. The lowest BCUT2D eigenvalue weighted by atomic mass is 10.2. The van der Waals surface area contributed by atoms with Crippen molar-refractivity contribution in [3.63, 3.8) is 0 Å². The molecule has 1 N–H and O–H groups in total. The van der Waals surface area contributed by atoms with Crippen LogP contribution < -0.4 is 4.74 Å². The Morgan fingerprint density at radius 2 is 2.00 bits per heavy atom. The minimum absolute atomic E-state index is 0.0147. The molecule has 8 nitrogen and oxygen atoms in total. The lowest BCUT2D eigenvalue weighted by Crippen LogP contribution is -2.38. The van der Waals surface area contributed by atoms with E-state index in [4.69, 9.17) is 9.84 Å². The fraction of sp³-hybridized carbons (Fsp3) is 0.375. The molecule has 0 saturated heterocycles. The molecule has 24 heavy (non-hydrogen) atoms. The topological polar surface area (TPSA) is 97.5 Å². The lowest BCUT2D eigenvalue weighted by molar-refractivity contribution is -0.137. The standard InChI is InChI=1S/C16H18N4O4/c1-10-15(16(23)19(9-14(21)22)11-3-4-11)17-18-20(10)12-5-7-13(24-2)8-6-12/h5-8,11H,3-4,9H2,1-2H3,(H,21,22). The molecule has 0 atom stereocenters. The number of carbonyl (C=O) groups excluding carboxylic acids is 1. The van der Waals surface area contributed by atoms with Crippen LogP contribution in [0.2, 0.25) is 0 Å². The second-order valence-corrected chi connectivity index (χ2v) is 5.69. The van der Waals surface area contributed by atoms with E-state index in [1.54, 1.807) is 30.8 Å². The highest BCUT2D eigenvalue weighted by Gasteiger charge is 2.36. The smallest absolute Gasteiger partial charge is 0.323 e. The number of methoxy groups -OCH3 is 1. The number of carbonyl (C=O) groups is 2. The minimum atomic E-state index is -1.03. The molecular formula is C16H18N4O4. The summed E-state index contributed by atoms with van der Waals surface area (Å²) in [6.45, 7) is 1.42. The summed E-state index contributed by atoms with van der Waals surface area (Å²) in [6.07, 6.45) is 1.65. The molecule has 8 heteroatoms. The highest BCUT2D eigenvalue weighted by molar-refractivity contribution is 5.95. The van der Waals surface area contributed by atoms with E-state index in [2.05, 4.69) is 10.3 Å². The van der Waals surface area contributed by atoms with Crippen molar-refractivity contribution in [1.29, 1.82) is 0 Å². The van der Waals surface area contributed by atoms with Crippen LogP contribution in [0, 0.1) is 6.92 Å². The van der Waals surface area contributed by atoms with Crippen molar-refractivity contribution in [2.45, 2.75) is 25.8 Å². The van der Waals surface area contributed by atoms with Gasteiger partial charge >= 0.3 is 5.97 Å². The lowest BCUT2D eigenvalue weighted by Gasteiger charge is -2.19. The van der Waals surface area contributed by atoms with E-state index in [-0.39, 0.29) is 18.3 Å². The number of hydrogen-bond donors (Lipinski definition) is 1. The summed E-state index contributed by atoms with van der Waals surface area (Å²) in [6, 6.07) is 7.19. The normalized spacial score (nSPS) is 13.6. The molecule has 1 aromatic heterocycles. The van der Waals surface area contributed by atoms with Crippen molar-refractivity contribution < 1.29 is 19.4 Å². The summed E-state index contributed by atoms with van der Waals surface area (Å²) in [4.78, 5) is 25.0. The minimum Gasteiger partial charge on any atom is -0.497 e. The van der Waals surface area contributed by atoms with E-state index >= 15 is 0 Å². The van der Waals surface area contributed by atoms with Crippen LogP contribution in [0.3, 0.4) is 0 Å². The van der Waals surface area contributed by atoms with Crippen molar-refractivity contribution in [2.24, 2.45) is 0 Å². The largest absolute Gasteiger partial charge is 0.497 e. The molecule has 0 unspecified atom stereocenters. The van der Waals surface area contributed by atoms with Crippen LogP contribution in [-0.4, -0.2) is 56.6 Å². The van der Waals surface area contributed by atoms with Gasteiger partial charge in [0.05, 0.1) is 18.5 Å². The van der Waals surface area contributed by atoms with Crippen molar-refractivity contribution >= 4 is 11.9 Å². The van der Waals surface area contributed by atoms with Crippen LogP contribution >= 0.6 is 0 Å². The van der Waals surface area contributed by atoms with Gasteiger partial charge in [-0.05, 0) is 44.0 Å². The average molecular weight is 330 g/mol. The first-order valence-electron chi connectivity index (χ1n) is 7.60. The molecule has 0 spiro atoms. The summed E-state index contributed by atoms with van der Waals surface area (Å²) in [5.41, 5.74) is 1.50. The Kier molecular flexibility index (Phi) is 4.20. The Morgan fingerprint density at radius 3 is 2.54 bits per heavy atom. The molecule has 1 aliphatic carbocycles. The number of aromatic nitrogens is 3. The Hall–Kier alpha value is -2.90. The summed E-state index contributed by atoms with van der Waals surface area (Å²) >= 11 is 0. The molecule has 0 bridgehead atoms. The molecule has 2 aromatic rings. The van der Waals surface area contributed by atoms with E-state index in [9.17, 15) is 9.59 Å². The van der Waals surface area contributed by atoms with Crippen LogP contribution in [0.15, 0.2) is 24.3 Å². The first kappa shape index (κ1) is 16.0. The first-order valence-corrected chi connectivity index (χ1v) is 7.60. The summed E-state index contributed by atoms with van der Waals surface area (Å²) < 4.78 is 6.67. The summed E-state index contributed by atoms with van der Waals surface area (Å²) in [5.74, 6) is -0.707. The molecule has 1 aromatic carbocycles. The van der Waals surface area contributed by atoms with Crippen LogP contribution in [0.4, 0.5) is 0 Å². The van der Waals surface area contributed by atoms with Gasteiger partial charge in [-0.15, -0.1) is 5.10 Å². The fourth-order valence-corrected chi connectivity index (χ4v) is 2.53. The number of rotatable bonds is 6. The highest BCUT2D eigenvalue weighted by Crippen LogP contribution is 2.28. The maximum Gasteiger partial charge on any atom is 0.323 e. The molecule has 3 rings (SSSR count). The Balaban J connectivity index is 1.87. The molecule has 0 radical (unpaired) electrons. The average Bonchev–Trinajstić information content (AvgIpc) is 3.34. The third-order valence-corrected chi connectivity index (χ3v) is 3.97. The zero-order chi connectivity index (χ0) is 17.3. The van der Waals surface area contributed by atoms with Gasteiger partial charge in [0.15, 0.2) is 5.69 Å². The zero-order valence-electron chi connectivity index (χ0n) is 13.5. The van der Waals surface area contributed by atoms with Crippen molar-refractivity contribution in [3.05, 3.63) is 35.7 Å². The second-order valence-electron chi connectivity index (χ2n) is 5.69. The molecule has 1 amide bonds. The van der Waals surface area contributed by atoms with Gasteiger partial charge in [-0.2, -0.15) is 0 Å². The number of carboxylic acid groups (broad SMARTS) is 1. The maximum atomic E-state index is 12.7. The number of amides is 1. The third kappa shape index (κ3) is 3.08. The number of benzene rings is 1. The van der Waals surface area contributed by atoms with Crippen LogP contribution in [0.25, 0.3) is 5.69 Å². The second kappa shape index (κ2) is 6.31. The summed E-state index contributed by atoms with van der Waals surface area (Å²) in [7, 11) is 1.58. The van der Waals surface area contributed by atoms with Gasteiger partial charge in [0.2, 0.25) is 0 Å². The number of aliphatic carboxylic acids is 1. The van der Waals surface area contributed by atoms with Gasteiger partial charge in [-0.3, -0.25) is 9.59 Å². The van der Waals surface area contributed by atoms with E-state index in [0.29, 0.717) is 11.4 Å². The van der Waals surface area contributed by atoms with E-state index in [1.165, 1.54) is 4.90 Å². The van der Waals surface area contributed by atoms with E-state index < -0.39 is 11.9 Å². The van der Waals surface area contributed by atoms with Crippen molar-refractivity contribution in [2.75, 3.05) is 13.7 Å². The highest BCUT2D eigenvalue weighted by atomic mass is 16.5. The van der Waals surface area contributed by atoms with Gasteiger partial charge in [-0.1, -0.05) is 5.21 Å². The third-order valence-electron chi connectivity index (χ3n) is 3.97. The summed E-state index contributed by atoms with van der Waals surface area (Å²) in [5, 5.41) is 17.0. The van der Waals surface area contributed by atoms with Crippen molar-refractivity contribution in [3.8, 4) is 11.4 Å². The Morgan fingerprint density at radius 1 is 1.33 bits per heavy atom. The molecular weight excluding hydrogens is 312 g/mol. The molecule has 1 saturated carbocycles. The molecule has 1 heterocycles. The van der Waals surface area contributed by atoms with Gasteiger partial charge < -0.3 is 14.7 Å². The molecule has 1 fully saturated rings. The maximum absolute atomic E-state index is 12.7. The number of nitrogens with zero attached hydrogens (tertiary/aromatic N) is 4. The molecule has 1 aliphatic rings. The van der Waals surface area contributed by atoms with E-state index in [1.807, 2.05) is 12.1 Å². The Bertz CT molecular complexity index is 765. The molecule has 126 valence electrons. The van der Waals surface area contributed by atoms with Crippen LogP contribution in [0.5, 0.6) is 5.75 Å². The Labute approximate surface area is 138 Å². The quantitative estimate of drug-likeness (QED) is 0.857. The van der Waals surface area contributed by atoms with Crippen LogP contribution in [0.1, 0.15) is 29.0 Å². The van der Waals surface area contributed by atoms with Gasteiger partial charge in [0.1, 0.15) is 12.3 Å². The van der Waals surface area contributed by atoms with Gasteiger partial charge in [0.25, 0.3) is 5.91 Å². The van der Waals surface area contributed by atoms with Gasteiger partial charge in [-0.25, -0.2) is 4.68 Å². The van der Waals surface area contributed by atoms with E-state index in [0.717, 1.165) is 18.5 Å².